The lowest BCUT2D eigenvalue weighted by Crippen LogP contribution is -2.80. The maximum Gasteiger partial charge on any atom is 0.340 e. The first-order valence-electron chi connectivity index (χ1n) is 8.64. The van der Waals surface area contributed by atoms with Crippen molar-refractivity contribution in [1.29, 1.82) is 0 Å². The summed E-state index contributed by atoms with van der Waals surface area (Å²) in [4.78, 5) is 28.0. The van der Waals surface area contributed by atoms with E-state index in [4.69, 9.17) is 16.0 Å². The minimum Gasteiger partial charge on any atom is -0.871 e. The van der Waals surface area contributed by atoms with Crippen LogP contribution in [0.4, 0.5) is 0 Å². The van der Waals surface area contributed by atoms with E-state index in [-0.39, 0.29) is 59.7 Å². The van der Waals surface area contributed by atoms with E-state index in [1.165, 1.54) is 13.2 Å². The van der Waals surface area contributed by atoms with Crippen molar-refractivity contribution >= 4 is 53.4 Å². The van der Waals surface area contributed by atoms with Crippen molar-refractivity contribution in [2.45, 2.75) is 26.4 Å². The summed E-state index contributed by atoms with van der Waals surface area (Å²) >= 11 is 6.14. The molecule has 162 valence electrons. The highest BCUT2D eigenvalue weighted by atomic mass is 35.5. The van der Waals surface area contributed by atoms with Gasteiger partial charge >= 0.3 is 11.6 Å². The largest absolute Gasteiger partial charge is 0.871 e. The number of nitrogens with zero attached hydrogens (tertiary/aromatic N) is 1. The van der Waals surface area contributed by atoms with Crippen LogP contribution in [0.2, 0.25) is 5.02 Å². The molecule has 0 bridgehead atoms. The number of halogens is 3. The third-order valence-electron chi connectivity index (χ3n) is 4.61. The normalized spacial score (nSPS) is 10.2. The molecule has 0 saturated heterocycles. The predicted octanol–water partition coefficient (Wildman–Crippen LogP) is 2.05. The number of carbonyl (C=O) groups is 1. The lowest BCUT2D eigenvalue weighted by atomic mass is 10.0. The lowest BCUT2D eigenvalue weighted by molar-refractivity contribution is -0.686. The van der Waals surface area contributed by atoms with Crippen molar-refractivity contribution in [1.82, 2.24) is 4.98 Å². The molecule has 0 fully saturated rings. The molecule has 7 nitrogen and oxygen atoms in total. The first kappa shape index (κ1) is 25.7. The number of esters is 1. The molecule has 2 aromatic heterocycles. The van der Waals surface area contributed by atoms with Crippen LogP contribution in [0.5, 0.6) is 5.75 Å². The number of benzene rings is 1. The summed E-state index contributed by atoms with van der Waals surface area (Å²) in [7, 11) is 1.25. The number of ether oxygens (including phenoxy) is 1. The SMILES string of the molecule is COC(=O)Cc1c(C)c2cc(Cl)c([O-])c(C[NH2+]Cc3ccncc3)c2oc1=O.Cl.Cl. The molecule has 0 saturated carbocycles. The van der Waals surface area contributed by atoms with E-state index in [9.17, 15) is 14.7 Å². The van der Waals surface area contributed by atoms with Crippen molar-refractivity contribution < 1.29 is 24.4 Å². The van der Waals surface area contributed by atoms with Gasteiger partial charge in [0.2, 0.25) is 0 Å². The summed E-state index contributed by atoms with van der Waals surface area (Å²) in [6.07, 6.45) is 3.19. The van der Waals surface area contributed by atoms with Gasteiger partial charge in [0.1, 0.15) is 18.7 Å². The highest BCUT2D eigenvalue weighted by Gasteiger charge is 2.19. The van der Waals surface area contributed by atoms with E-state index in [2.05, 4.69) is 9.72 Å². The number of quaternary nitrogens is 1. The van der Waals surface area contributed by atoms with E-state index < -0.39 is 11.6 Å². The molecular weight excluding hydrogens is 455 g/mol. The molecule has 0 aliphatic heterocycles. The fourth-order valence-corrected chi connectivity index (χ4v) is 3.26. The van der Waals surface area contributed by atoms with Crippen molar-refractivity contribution in [3.8, 4) is 5.75 Å². The summed E-state index contributed by atoms with van der Waals surface area (Å²) in [5.74, 6) is -0.921. The van der Waals surface area contributed by atoms with Gasteiger partial charge in [0.05, 0.1) is 19.1 Å². The van der Waals surface area contributed by atoms with Crippen LogP contribution in [-0.4, -0.2) is 18.1 Å². The second-order valence-electron chi connectivity index (χ2n) is 6.34. The number of aromatic nitrogens is 1. The molecule has 0 amide bonds. The summed E-state index contributed by atoms with van der Waals surface area (Å²) in [6.45, 7) is 2.61. The van der Waals surface area contributed by atoms with E-state index in [1.54, 1.807) is 19.3 Å². The van der Waals surface area contributed by atoms with Gasteiger partial charge < -0.3 is 19.6 Å². The van der Waals surface area contributed by atoms with Gasteiger partial charge in [-0.05, 0) is 30.7 Å². The zero-order valence-corrected chi connectivity index (χ0v) is 18.7. The molecule has 0 atom stereocenters. The molecule has 0 spiro atoms. The van der Waals surface area contributed by atoms with Crippen LogP contribution in [0.3, 0.4) is 0 Å². The quantitative estimate of drug-likeness (QED) is 0.432. The standard InChI is InChI=1S/C20H19ClN2O5.2ClH/c1-11-13-7-16(21)18(25)15(10-23-9-12-3-5-22-6-4-12)19(13)28-20(26)14(11)8-17(24)27-2;;/h3-7,23,25H,8-10H2,1-2H3;2*1H. The molecule has 3 aromatic rings. The predicted molar refractivity (Wildman–Crippen MR) is 115 cm³/mol. The molecule has 0 aliphatic rings. The topological polar surface area (TPSA) is 109 Å². The summed E-state index contributed by atoms with van der Waals surface area (Å²) in [5.41, 5.74) is 1.66. The molecule has 0 unspecified atom stereocenters. The molecular formula is C20H21Cl3N2O5. The Kier molecular flexibility index (Phi) is 9.58. The Morgan fingerprint density at radius 2 is 1.90 bits per heavy atom. The van der Waals surface area contributed by atoms with Crippen molar-refractivity contribution in [2.75, 3.05) is 7.11 Å². The van der Waals surface area contributed by atoms with Crippen LogP contribution in [0, 0.1) is 6.92 Å². The van der Waals surface area contributed by atoms with Crippen LogP contribution in [-0.2, 0) is 29.0 Å². The van der Waals surface area contributed by atoms with Gasteiger partial charge in [0, 0.05) is 33.9 Å². The monoisotopic (exact) mass is 474 g/mol. The Bertz CT molecular complexity index is 1090. The molecule has 0 aliphatic carbocycles. The minimum atomic E-state index is -0.660. The number of hydrogen-bond acceptors (Lipinski definition) is 6. The highest BCUT2D eigenvalue weighted by molar-refractivity contribution is 6.33. The van der Waals surface area contributed by atoms with Crippen LogP contribution in [0.25, 0.3) is 11.0 Å². The second kappa shape index (κ2) is 11.2. The average Bonchev–Trinajstić information content (AvgIpc) is 2.69. The van der Waals surface area contributed by atoms with Crippen LogP contribution < -0.4 is 16.0 Å². The van der Waals surface area contributed by atoms with Gasteiger partial charge in [0.25, 0.3) is 0 Å². The number of carbonyl (C=O) groups excluding carboxylic acids is 1. The fraction of sp³-hybridized carbons (Fsp3) is 0.250. The number of fused-ring (bicyclic) bond motifs is 1. The van der Waals surface area contributed by atoms with Gasteiger partial charge in [-0.25, -0.2) is 4.79 Å². The Morgan fingerprint density at radius 1 is 1.23 bits per heavy atom. The van der Waals surface area contributed by atoms with Gasteiger partial charge in [-0.2, -0.15) is 0 Å². The first-order chi connectivity index (χ1) is 13.4. The summed E-state index contributed by atoms with van der Waals surface area (Å²) in [5, 5.41) is 15.1. The third-order valence-corrected chi connectivity index (χ3v) is 4.89. The number of nitrogens with two attached hydrogens (primary N) is 1. The smallest absolute Gasteiger partial charge is 0.340 e. The molecule has 2 heterocycles. The number of rotatable bonds is 6. The zero-order valence-electron chi connectivity index (χ0n) is 16.3. The summed E-state index contributed by atoms with van der Waals surface area (Å²) in [6, 6.07) is 5.24. The van der Waals surface area contributed by atoms with E-state index in [0.717, 1.165) is 5.56 Å². The maximum atomic E-state index is 12.6. The van der Waals surface area contributed by atoms with Crippen LogP contribution in [0.15, 0.2) is 39.8 Å². The number of hydrogen-bond donors (Lipinski definition) is 1. The number of methoxy groups -OCH3 is 1. The van der Waals surface area contributed by atoms with Gasteiger partial charge in [0.15, 0.2) is 0 Å². The van der Waals surface area contributed by atoms with Crippen LogP contribution >= 0.6 is 36.4 Å². The molecule has 2 N–H and O–H groups in total. The Hall–Kier alpha value is -2.32. The van der Waals surface area contributed by atoms with Gasteiger partial charge in [-0.15, -0.1) is 24.8 Å². The van der Waals surface area contributed by atoms with E-state index in [1.807, 2.05) is 17.4 Å². The molecule has 3 rings (SSSR count). The van der Waals surface area contributed by atoms with Crippen LogP contribution in [0.1, 0.15) is 22.3 Å². The van der Waals surface area contributed by atoms with E-state index in [0.29, 0.717) is 23.1 Å². The lowest BCUT2D eigenvalue weighted by Gasteiger charge is -2.18. The Labute approximate surface area is 190 Å². The molecule has 0 radical (unpaired) electrons. The Balaban J connectivity index is 0.00000225. The average molecular weight is 476 g/mol. The zero-order chi connectivity index (χ0) is 20.3. The highest BCUT2D eigenvalue weighted by Crippen LogP contribution is 2.34. The number of pyridine rings is 1. The van der Waals surface area contributed by atoms with Crippen molar-refractivity contribution in [3.05, 3.63) is 68.3 Å². The fourth-order valence-electron chi connectivity index (χ4n) is 3.04. The third kappa shape index (κ3) is 5.43. The minimum absolute atomic E-state index is 0. The van der Waals surface area contributed by atoms with Crippen molar-refractivity contribution in [2.24, 2.45) is 0 Å². The first-order valence-corrected chi connectivity index (χ1v) is 9.02. The van der Waals surface area contributed by atoms with E-state index >= 15 is 0 Å². The maximum absolute atomic E-state index is 12.6. The number of aryl methyl sites for hydroxylation is 1. The Morgan fingerprint density at radius 3 is 2.53 bits per heavy atom. The van der Waals surface area contributed by atoms with Gasteiger partial charge in [-0.3, -0.25) is 9.78 Å². The molecule has 10 heteroatoms. The van der Waals surface area contributed by atoms with Gasteiger partial charge in [-0.1, -0.05) is 17.4 Å². The second-order valence-corrected chi connectivity index (χ2v) is 6.75. The summed E-state index contributed by atoms with van der Waals surface area (Å²) < 4.78 is 10.1. The van der Waals surface area contributed by atoms with Crippen molar-refractivity contribution in [3.63, 3.8) is 0 Å². The molecule has 30 heavy (non-hydrogen) atoms. The molecule has 1 aromatic carbocycles.